The Morgan fingerprint density at radius 3 is 2.75 bits per heavy atom. The fraction of sp³-hybridized carbons (Fsp3) is 0.125. The molecule has 4 nitrogen and oxygen atoms in total. The molecule has 1 aromatic carbocycles. The smallest absolute Gasteiger partial charge is 0.270 e. The number of benzene rings is 1. The predicted octanol–water partition coefficient (Wildman–Crippen LogP) is 3.32. The van der Waals surface area contributed by atoms with Crippen LogP contribution < -0.4 is 5.32 Å². The fourth-order valence-corrected chi connectivity index (χ4v) is 2.05. The van der Waals surface area contributed by atoms with Gasteiger partial charge in [0.15, 0.2) is 0 Å². The van der Waals surface area contributed by atoms with E-state index in [1.165, 1.54) is 0 Å². The van der Waals surface area contributed by atoms with Gasteiger partial charge in [-0.2, -0.15) is 0 Å². The number of hydrogen-bond donors (Lipinski definition) is 1. The zero-order valence-corrected chi connectivity index (χ0v) is 11.0. The van der Waals surface area contributed by atoms with Gasteiger partial charge in [0.25, 0.3) is 5.91 Å². The van der Waals surface area contributed by atoms with E-state index < -0.39 is 0 Å². The first-order valence-corrected chi connectivity index (χ1v) is 6.44. The van der Waals surface area contributed by atoms with Crippen LogP contribution in [0.5, 0.6) is 0 Å². The van der Waals surface area contributed by atoms with Crippen molar-refractivity contribution >= 4 is 16.9 Å². The number of carbonyl (C=O) groups is 1. The average molecular weight is 266 g/mol. The molecule has 20 heavy (non-hydrogen) atoms. The highest BCUT2D eigenvalue weighted by atomic mass is 16.3. The van der Waals surface area contributed by atoms with Crippen LogP contribution in [-0.4, -0.2) is 10.9 Å². The molecule has 0 bridgehead atoms. The summed E-state index contributed by atoms with van der Waals surface area (Å²) in [4.78, 5) is 16.1. The Morgan fingerprint density at radius 1 is 1.20 bits per heavy atom. The second-order valence-corrected chi connectivity index (χ2v) is 4.60. The van der Waals surface area contributed by atoms with Gasteiger partial charge >= 0.3 is 0 Å². The third kappa shape index (κ3) is 2.40. The molecule has 3 aromatic rings. The minimum Gasteiger partial charge on any atom is -0.459 e. The first kappa shape index (κ1) is 12.4. The van der Waals surface area contributed by atoms with Crippen molar-refractivity contribution in [1.29, 1.82) is 0 Å². The van der Waals surface area contributed by atoms with E-state index in [0.717, 1.165) is 16.7 Å². The Kier molecular flexibility index (Phi) is 3.21. The molecule has 0 saturated heterocycles. The topological polar surface area (TPSA) is 55.1 Å². The SMILES string of the molecule is C[C@H](NC(=O)c1ccccn1)c1cc2ccccc2o1. The molecular formula is C16H14N2O2. The zero-order valence-electron chi connectivity index (χ0n) is 11.0. The average Bonchev–Trinajstić information content (AvgIpc) is 2.92. The number of fused-ring (bicyclic) bond motifs is 1. The quantitative estimate of drug-likeness (QED) is 0.791. The van der Waals surface area contributed by atoms with Gasteiger partial charge in [0.1, 0.15) is 17.0 Å². The van der Waals surface area contributed by atoms with Crippen molar-refractivity contribution in [1.82, 2.24) is 10.3 Å². The molecule has 0 radical (unpaired) electrons. The molecule has 0 aliphatic heterocycles. The second kappa shape index (κ2) is 5.17. The first-order chi connectivity index (χ1) is 9.74. The molecule has 2 heterocycles. The number of hydrogen-bond acceptors (Lipinski definition) is 3. The van der Waals surface area contributed by atoms with Crippen molar-refractivity contribution in [3.05, 3.63) is 66.2 Å². The molecule has 1 N–H and O–H groups in total. The van der Waals surface area contributed by atoms with E-state index >= 15 is 0 Å². The number of nitrogens with one attached hydrogen (secondary N) is 1. The monoisotopic (exact) mass is 266 g/mol. The van der Waals surface area contributed by atoms with Crippen LogP contribution in [0.4, 0.5) is 0 Å². The molecular weight excluding hydrogens is 252 g/mol. The normalized spacial score (nSPS) is 12.2. The highest BCUT2D eigenvalue weighted by Crippen LogP contribution is 2.23. The molecule has 1 atom stereocenters. The van der Waals surface area contributed by atoms with E-state index in [9.17, 15) is 4.79 Å². The molecule has 0 fully saturated rings. The summed E-state index contributed by atoms with van der Waals surface area (Å²) in [6, 6.07) is 14.7. The second-order valence-electron chi connectivity index (χ2n) is 4.60. The molecule has 0 aliphatic rings. The number of furan rings is 1. The minimum absolute atomic E-state index is 0.210. The number of aromatic nitrogens is 1. The van der Waals surface area contributed by atoms with E-state index in [2.05, 4.69) is 10.3 Å². The summed E-state index contributed by atoms with van der Waals surface area (Å²) < 4.78 is 5.73. The molecule has 0 saturated carbocycles. The molecule has 100 valence electrons. The summed E-state index contributed by atoms with van der Waals surface area (Å²) in [6.45, 7) is 1.89. The zero-order chi connectivity index (χ0) is 13.9. The molecule has 2 aromatic heterocycles. The van der Waals surface area contributed by atoms with Crippen LogP contribution in [0, 0.1) is 0 Å². The van der Waals surface area contributed by atoms with Gasteiger partial charge in [0.2, 0.25) is 0 Å². The van der Waals surface area contributed by atoms with Gasteiger partial charge < -0.3 is 9.73 Å². The van der Waals surface area contributed by atoms with Crippen molar-refractivity contribution < 1.29 is 9.21 Å². The standard InChI is InChI=1S/C16H14N2O2/c1-11(18-16(19)13-7-4-5-9-17-13)15-10-12-6-2-3-8-14(12)20-15/h2-11H,1H3,(H,18,19)/t11-/m0/s1. The molecule has 3 rings (SSSR count). The lowest BCUT2D eigenvalue weighted by atomic mass is 10.2. The summed E-state index contributed by atoms with van der Waals surface area (Å²) in [6.07, 6.45) is 1.60. The number of amides is 1. The Morgan fingerprint density at radius 2 is 2.00 bits per heavy atom. The van der Waals surface area contributed by atoms with E-state index in [-0.39, 0.29) is 11.9 Å². The summed E-state index contributed by atoms with van der Waals surface area (Å²) in [5, 5.41) is 3.91. The van der Waals surface area contributed by atoms with Gasteiger partial charge in [-0.1, -0.05) is 24.3 Å². The summed E-state index contributed by atoms with van der Waals surface area (Å²) in [5.74, 6) is 0.522. The van der Waals surface area contributed by atoms with Crippen LogP contribution in [-0.2, 0) is 0 Å². The summed E-state index contributed by atoms with van der Waals surface area (Å²) in [7, 11) is 0. The maximum Gasteiger partial charge on any atom is 0.270 e. The van der Waals surface area contributed by atoms with Gasteiger partial charge in [0.05, 0.1) is 6.04 Å². The lowest BCUT2D eigenvalue weighted by Crippen LogP contribution is -2.27. The third-order valence-electron chi connectivity index (χ3n) is 3.12. The molecule has 0 unspecified atom stereocenters. The van der Waals surface area contributed by atoms with Gasteiger partial charge in [0, 0.05) is 11.6 Å². The molecule has 0 aliphatic carbocycles. The molecule has 0 spiro atoms. The van der Waals surface area contributed by atoms with Crippen LogP contribution in [0.15, 0.2) is 59.1 Å². The van der Waals surface area contributed by atoms with Crippen molar-refractivity contribution in [2.24, 2.45) is 0 Å². The van der Waals surface area contributed by atoms with E-state index in [1.54, 1.807) is 24.4 Å². The Labute approximate surface area is 116 Å². The maximum atomic E-state index is 12.0. The van der Waals surface area contributed by atoms with Crippen molar-refractivity contribution in [2.45, 2.75) is 13.0 Å². The largest absolute Gasteiger partial charge is 0.459 e. The lowest BCUT2D eigenvalue weighted by Gasteiger charge is -2.10. The summed E-state index contributed by atoms with van der Waals surface area (Å²) >= 11 is 0. The highest BCUT2D eigenvalue weighted by molar-refractivity contribution is 5.92. The molecule has 1 amide bonds. The van der Waals surface area contributed by atoms with Crippen molar-refractivity contribution in [2.75, 3.05) is 0 Å². The lowest BCUT2D eigenvalue weighted by molar-refractivity contribution is 0.0930. The Balaban J connectivity index is 1.79. The fourth-order valence-electron chi connectivity index (χ4n) is 2.05. The van der Waals surface area contributed by atoms with Crippen LogP contribution >= 0.6 is 0 Å². The summed E-state index contributed by atoms with van der Waals surface area (Å²) in [5.41, 5.74) is 1.22. The van der Waals surface area contributed by atoms with Crippen LogP contribution in [0.25, 0.3) is 11.0 Å². The Hall–Kier alpha value is -2.62. The van der Waals surface area contributed by atoms with Crippen molar-refractivity contribution in [3.63, 3.8) is 0 Å². The van der Waals surface area contributed by atoms with Gasteiger partial charge in [-0.15, -0.1) is 0 Å². The molecule has 4 heteroatoms. The van der Waals surface area contributed by atoms with Gasteiger partial charge in [-0.05, 0) is 31.2 Å². The Bertz CT molecular complexity index is 701. The van der Waals surface area contributed by atoms with Crippen LogP contribution in [0.3, 0.4) is 0 Å². The first-order valence-electron chi connectivity index (χ1n) is 6.44. The van der Waals surface area contributed by atoms with Gasteiger partial charge in [-0.25, -0.2) is 0 Å². The number of pyridine rings is 1. The van der Waals surface area contributed by atoms with Crippen LogP contribution in [0.1, 0.15) is 29.2 Å². The number of carbonyl (C=O) groups excluding carboxylic acids is 1. The number of nitrogens with zero attached hydrogens (tertiary/aromatic N) is 1. The number of para-hydroxylation sites is 1. The van der Waals surface area contributed by atoms with E-state index in [4.69, 9.17) is 4.42 Å². The minimum atomic E-state index is -0.211. The number of rotatable bonds is 3. The maximum absolute atomic E-state index is 12.0. The third-order valence-corrected chi connectivity index (χ3v) is 3.12. The predicted molar refractivity (Wildman–Crippen MR) is 76.3 cm³/mol. The highest BCUT2D eigenvalue weighted by Gasteiger charge is 2.15. The van der Waals surface area contributed by atoms with E-state index in [1.807, 2.05) is 37.3 Å². The van der Waals surface area contributed by atoms with E-state index in [0.29, 0.717) is 5.69 Å². The van der Waals surface area contributed by atoms with Gasteiger partial charge in [-0.3, -0.25) is 9.78 Å². The van der Waals surface area contributed by atoms with Crippen LogP contribution in [0.2, 0.25) is 0 Å². The van der Waals surface area contributed by atoms with Crippen molar-refractivity contribution in [3.8, 4) is 0 Å².